The Kier molecular flexibility index (Phi) is 6.57. The second-order valence-electron chi connectivity index (χ2n) is 7.36. The number of thioether (sulfide) groups is 1. The minimum absolute atomic E-state index is 0.0151. The Labute approximate surface area is 193 Å². The van der Waals surface area contributed by atoms with E-state index < -0.39 is 4.92 Å². The SMILES string of the molecule is C=CCn1c(SCC(=O)Nc2ccc(Cl)c([N+](=O)[O-])c2)nnc1C1CC1c1ccccc1. The van der Waals surface area contributed by atoms with Crippen LogP contribution in [0.5, 0.6) is 0 Å². The van der Waals surface area contributed by atoms with Crippen LogP contribution in [0.4, 0.5) is 11.4 Å². The van der Waals surface area contributed by atoms with Crippen LogP contribution in [0.15, 0.2) is 66.3 Å². The number of halogens is 1. The normalized spacial score (nSPS) is 17.0. The standard InChI is InChI=1S/C22H20ClN5O3S/c1-2-10-27-21(17-12-16(17)14-6-4-3-5-7-14)25-26-22(27)32-13-20(29)24-15-8-9-18(23)19(11-15)28(30)31/h2-9,11,16-17H,1,10,12-13H2,(H,24,29). The lowest BCUT2D eigenvalue weighted by Crippen LogP contribution is -2.15. The number of nitro groups is 1. The van der Waals surface area contributed by atoms with Gasteiger partial charge in [0.15, 0.2) is 5.16 Å². The van der Waals surface area contributed by atoms with Gasteiger partial charge in [-0.05, 0) is 30.0 Å². The molecular formula is C22H20ClN5O3S. The Bertz CT molecular complexity index is 1170. The Morgan fingerprint density at radius 3 is 2.78 bits per heavy atom. The highest BCUT2D eigenvalue weighted by Crippen LogP contribution is 2.54. The van der Waals surface area contributed by atoms with Crippen molar-refractivity contribution in [2.75, 3.05) is 11.1 Å². The summed E-state index contributed by atoms with van der Waals surface area (Å²) in [6.07, 6.45) is 2.80. The van der Waals surface area contributed by atoms with Crippen LogP contribution in [0.25, 0.3) is 0 Å². The first-order valence-corrected chi connectivity index (χ1v) is 11.3. The maximum absolute atomic E-state index is 12.4. The Morgan fingerprint density at radius 1 is 1.28 bits per heavy atom. The van der Waals surface area contributed by atoms with Crippen LogP contribution < -0.4 is 5.32 Å². The summed E-state index contributed by atoms with van der Waals surface area (Å²) in [7, 11) is 0. The minimum atomic E-state index is -0.591. The summed E-state index contributed by atoms with van der Waals surface area (Å²) in [5.74, 6) is 1.39. The minimum Gasteiger partial charge on any atom is -0.325 e. The lowest BCUT2D eigenvalue weighted by atomic mass is 10.1. The summed E-state index contributed by atoms with van der Waals surface area (Å²) in [6.45, 7) is 4.37. The molecule has 1 aliphatic rings. The first kappa shape index (κ1) is 22.0. The number of amides is 1. The summed E-state index contributed by atoms with van der Waals surface area (Å²) in [5.41, 5.74) is 1.34. The fourth-order valence-corrected chi connectivity index (χ4v) is 4.53. The van der Waals surface area contributed by atoms with Gasteiger partial charge in [0.2, 0.25) is 5.91 Å². The third kappa shape index (κ3) is 4.84. The molecule has 1 heterocycles. The van der Waals surface area contributed by atoms with Gasteiger partial charge in [-0.25, -0.2) is 0 Å². The molecule has 4 rings (SSSR count). The smallest absolute Gasteiger partial charge is 0.289 e. The summed E-state index contributed by atoms with van der Waals surface area (Å²) in [4.78, 5) is 22.8. The van der Waals surface area contributed by atoms with E-state index in [1.807, 2.05) is 22.8 Å². The van der Waals surface area contributed by atoms with Crippen molar-refractivity contribution in [3.8, 4) is 0 Å². The third-order valence-electron chi connectivity index (χ3n) is 5.17. The molecule has 0 radical (unpaired) electrons. The molecule has 2 atom stereocenters. The van der Waals surface area contributed by atoms with Gasteiger partial charge in [-0.15, -0.1) is 16.8 Å². The van der Waals surface area contributed by atoms with Crippen molar-refractivity contribution in [1.82, 2.24) is 14.8 Å². The molecule has 0 bridgehead atoms. The number of anilines is 1. The predicted molar refractivity (Wildman–Crippen MR) is 124 cm³/mol. The summed E-state index contributed by atoms with van der Waals surface area (Å²) in [6, 6.07) is 14.5. The van der Waals surface area contributed by atoms with Crippen molar-refractivity contribution in [3.63, 3.8) is 0 Å². The summed E-state index contributed by atoms with van der Waals surface area (Å²) in [5, 5.41) is 23.0. The number of nitrogens with one attached hydrogen (secondary N) is 1. The zero-order valence-electron chi connectivity index (χ0n) is 17.0. The number of nitrogens with zero attached hydrogens (tertiary/aromatic N) is 4. The molecule has 0 spiro atoms. The van der Waals surface area contributed by atoms with Crippen LogP contribution in [0.1, 0.15) is 29.6 Å². The molecule has 1 amide bonds. The fourth-order valence-electron chi connectivity index (χ4n) is 3.59. The monoisotopic (exact) mass is 469 g/mol. The number of allylic oxidation sites excluding steroid dienone is 1. The van der Waals surface area contributed by atoms with Crippen LogP contribution in [-0.2, 0) is 11.3 Å². The molecule has 2 aromatic carbocycles. The van der Waals surface area contributed by atoms with Crippen molar-refractivity contribution < 1.29 is 9.72 Å². The lowest BCUT2D eigenvalue weighted by molar-refractivity contribution is -0.384. The van der Waals surface area contributed by atoms with Crippen LogP contribution in [0, 0.1) is 10.1 Å². The number of hydrogen-bond acceptors (Lipinski definition) is 6. The maximum Gasteiger partial charge on any atom is 0.289 e. The molecule has 1 N–H and O–H groups in total. The van der Waals surface area contributed by atoms with Crippen molar-refractivity contribution >= 4 is 40.6 Å². The molecule has 10 heteroatoms. The van der Waals surface area contributed by atoms with E-state index in [0.717, 1.165) is 12.2 Å². The second-order valence-corrected chi connectivity index (χ2v) is 8.71. The zero-order chi connectivity index (χ0) is 22.7. The van der Waals surface area contributed by atoms with E-state index in [1.165, 1.54) is 35.5 Å². The first-order chi connectivity index (χ1) is 15.5. The average Bonchev–Trinajstić information content (AvgIpc) is 3.48. The molecule has 0 aliphatic heterocycles. The number of carbonyl (C=O) groups excluding carboxylic acids is 1. The van der Waals surface area contributed by atoms with Gasteiger partial charge >= 0.3 is 0 Å². The molecule has 3 aromatic rings. The van der Waals surface area contributed by atoms with Crippen molar-refractivity contribution in [2.45, 2.75) is 30.0 Å². The number of aromatic nitrogens is 3. The molecule has 1 fully saturated rings. The molecule has 0 saturated heterocycles. The van der Waals surface area contributed by atoms with Crippen LogP contribution >= 0.6 is 23.4 Å². The Hall–Kier alpha value is -3.17. The van der Waals surface area contributed by atoms with Gasteiger partial charge in [-0.3, -0.25) is 14.9 Å². The van der Waals surface area contributed by atoms with Crippen LogP contribution in [0.3, 0.4) is 0 Å². The molecule has 32 heavy (non-hydrogen) atoms. The number of nitro benzene ring substituents is 1. The quantitative estimate of drug-likeness (QED) is 0.204. The zero-order valence-corrected chi connectivity index (χ0v) is 18.6. The first-order valence-electron chi connectivity index (χ1n) is 9.93. The van der Waals surface area contributed by atoms with Gasteiger partial charge in [-0.1, -0.05) is 59.8 Å². The predicted octanol–water partition coefficient (Wildman–Crippen LogP) is 5.03. The van der Waals surface area contributed by atoms with Crippen molar-refractivity contribution in [1.29, 1.82) is 0 Å². The molecule has 1 aliphatic carbocycles. The van der Waals surface area contributed by atoms with E-state index in [1.54, 1.807) is 6.08 Å². The third-order valence-corrected chi connectivity index (χ3v) is 6.45. The number of hydrogen-bond donors (Lipinski definition) is 1. The Balaban J connectivity index is 1.41. The van der Waals surface area contributed by atoms with Gasteiger partial charge < -0.3 is 9.88 Å². The van der Waals surface area contributed by atoms with E-state index in [4.69, 9.17) is 11.6 Å². The molecule has 1 aromatic heterocycles. The fraction of sp³-hybridized carbons (Fsp3) is 0.227. The van der Waals surface area contributed by atoms with E-state index in [0.29, 0.717) is 29.2 Å². The molecule has 2 unspecified atom stereocenters. The van der Waals surface area contributed by atoms with Crippen LogP contribution in [-0.4, -0.2) is 31.3 Å². The van der Waals surface area contributed by atoms with Crippen LogP contribution in [0.2, 0.25) is 5.02 Å². The van der Waals surface area contributed by atoms with E-state index in [2.05, 4.69) is 34.2 Å². The molecule has 164 valence electrons. The number of carbonyl (C=O) groups is 1. The topological polar surface area (TPSA) is 103 Å². The number of benzene rings is 2. The van der Waals surface area contributed by atoms with Gasteiger partial charge in [0.05, 0.1) is 10.7 Å². The second kappa shape index (κ2) is 9.54. The van der Waals surface area contributed by atoms with Gasteiger partial charge in [0.25, 0.3) is 5.69 Å². The largest absolute Gasteiger partial charge is 0.325 e. The van der Waals surface area contributed by atoms with Gasteiger partial charge in [0, 0.05) is 24.2 Å². The highest BCUT2D eigenvalue weighted by atomic mass is 35.5. The molecular weight excluding hydrogens is 450 g/mol. The highest BCUT2D eigenvalue weighted by molar-refractivity contribution is 7.99. The lowest BCUT2D eigenvalue weighted by Gasteiger charge is -2.08. The highest BCUT2D eigenvalue weighted by Gasteiger charge is 2.43. The van der Waals surface area contributed by atoms with E-state index in [9.17, 15) is 14.9 Å². The Morgan fingerprint density at radius 2 is 2.06 bits per heavy atom. The summed E-state index contributed by atoms with van der Waals surface area (Å²) < 4.78 is 1.99. The number of rotatable bonds is 9. The summed E-state index contributed by atoms with van der Waals surface area (Å²) >= 11 is 7.07. The van der Waals surface area contributed by atoms with Gasteiger partial charge in [-0.2, -0.15) is 0 Å². The maximum atomic E-state index is 12.4. The van der Waals surface area contributed by atoms with E-state index >= 15 is 0 Å². The molecule has 8 nitrogen and oxygen atoms in total. The van der Waals surface area contributed by atoms with Crippen molar-refractivity contribution in [2.24, 2.45) is 0 Å². The van der Waals surface area contributed by atoms with Gasteiger partial charge in [0.1, 0.15) is 10.8 Å². The van der Waals surface area contributed by atoms with E-state index in [-0.39, 0.29) is 22.4 Å². The average molecular weight is 470 g/mol. The molecule has 1 saturated carbocycles. The van der Waals surface area contributed by atoms with Crippen molar-refractivity contribution in [3.05, 3.63) is 87.7 Å².